The second-order valence-corrected chi connectivity index (χ2v) is 18.5. The number of unbranched alkanes of at least 4 members (excludes halogenated alkanes) is 13. The van der Waals surface area contributed by atoms with Crippen molar-refractivity contribution in [3.8, 4) is 0 Å². The van der Waals surface area contributed by atoms with Crippen molar-refractivity contribution >= 4 is 17.3 Å². The first kappa shape index (κ1) is 68.1. The van der Waals surface area contributed by atoms with Gasteiger partial charge in [0.05, 0.1) is 0 Å². The van der Waals surface area contributed by atoms with Gasteiger partial charge < -0.3 is 15.3 Å². The highest BCUT2D eigenvalue weighted by Crippen LogP contribution is 2.25. The molecule has 404 valence electrons. The maximum absolute atomic E-state index is 13.7. The van der Waals surface area contributed by atoms with Gasteiger partial charge in [-0.2, -0.15) is 0 Å². The number of aliphatic hydroxyl groups excluding tert-OH is 2. The summed E-state index contributed by atoms with van der Waals surface area (Å²) >= 11 is 0. The van der Waals surface area contributed by atoms with Crippen LogP contribution >= 0.6 is 0 Å². The highest BCUT2D eigenvalue weighted by atomic mass is 16.4. The lowest BCUT2D eigenvalue weighted by atomic mass is 9.78. The van der Waals surface area contributed by atoms with E-state index in [1.54, 1.807) is 0 Å². The molecule has 0 fully saturated rings. The van der Waals surface area contributed by atoms with Crippen LogP contribution in [0.4, 0.5) is 0 Å². The smallest absolute Gasteiger partial charge is 0.189 e. The second kappa shape index (κ2) is 53.4. The third-order valence-corrected chi connectivity index (χ3v) is 11.9. The topological polar surface area (TPSA) is 112 Å². The first-order chi connectivity index (χ1) is 35.8. The summed E-state index contributed by atoms with van der Waals surface area (Å²) in [4.78, 5) is 40.3. The van der Waals surface area contributed by atoms with Gasteiger partial charge in [0.15, 0.2) is 35.2 Å². The maximum Gasteiger partial charge on any atom is 0.189 e. The van der Waals surface area contributed by atoms with Crippen molar-refractivity contribution in [2.75, 3.05) is 0 Å². The number of allylic oxidation sites excluding steroid dienone is 24. The second-order valence-electron chi connectivity index (χ2n) is 18.5. The zero-order valence-electron chi connectivity index (χ0n) is 45.9. The van der Waals surface area contributed by atoms with Crippen LogP contribution < -0.4 is 0 Å². The normalized spacial score (nSPS) is 14.2. The molecule has 73 heavy (non-hydrogen) atoms. The molecule has 0 aliphatic heterocycles. The molecule has 6 heteroatoms. The molecule has 0 radical (unpaired) electrons. The molecule has 6 nitrogen and oxygen atoms in total. The number of carbonyl (C=O) groups is 3. The van der Waals surface area contributed by atoms with Crippen LogP contribution in [0.2, 0.25) is 0 Å². The number of hydrogen-bond acceptors (Lipinski definition) is 6. The summed E-state index contributed by atoms with van der Waals surface area (Å²) in [5, 5.41) is 34.2. The van der Waals surface area contributed by atoms with Crippen molar-refractivity contribution in [2.45, 2.75) is 231 Å². The molecular weight excluding hydrogens is 901 g/mol. The summed E-state index contributed by atoms with van der Waals surface area (Å²) in [6.45, 7) is 6.48. The van der Waals surface area contributed by atoms with E-state index in [2.05, 4.69) is 129 Å². The van der Waals surface area contributed by atoms with Crippen LogP contribution in [0.1, 0.15) is 213 Å². The van der Waals surface area contributed by atoms with Gasteiger partial charge in [0.1, 0.15) is 0 Å². The summed E-state index contributed by atoms with van der Waals surface area (Å²) in [7, 11) is 0. The molecule has 2 atom stereocenters. The van der Waals surface area contributed by atoms with Crippen LogP contribution in [0.25, 0.3) is 0 Å². The lowest BCUT2D eigenvalue weighted by Crippen LogP contribution is -2.63. The number of aliphatic hydroxyl groups is 3. The lowest BCUT2D eigenvalue weighted by Gasteiger charge is -2.34. The summed E-state index contributed by atoms with van der Waals surface area (Å²) in [6, 6.07) is 0. The Morgan fingerprint density at radius 2 is 0.712 bits per heavy atom. The van der Waals surface area contributed by atoms with Gasteiger partial charge in [-0.25, -0.2) is 0 Å². The predicted octanol–water partition coefficient (Wildman–Crippen LogP) is 17.5. The maximum atomic E-state index is 13.7. The number of carbonyl (C=O) groups excluding carboxylic acids is 3. The van der Waals surface area contributed by atoms with E-state index in [-0.39, 0.29) is 19.3 Å². The molecule has 3 N–H and O–H groups in total. The van der Waals surface area contributed by atoms with E-state index < -0.39 is 35.2 Å². The van der Waals surface area contributed by atoms with Crippen LogP contribution in [0.3, 0.4) is 0 Å². The van der Waals surface area contributed by atoms with Crippen LogP contribution in [0, 0.1) is 0 Å². The number of rotatable bonds is 48. The molecule has 0 saturated carbocycles. The van der Waals surface area contributed by atoms with Crippen molar-refractivity contribution in [1.29, 1.82) is 0 Å². The number of Topliss-reactive ketones (excluding diaryl/α,β-unsaturated/α-hetero) is 3. The van der Waals surface area contributed by atoms with Crippen molar-refractivity contribution in [3.05, 3.63) is 169 Å². The summed E-state index contributed by atoms with van der Waals surface area (Å²) in [5.41, 5.74) is 3.44. The third kappa shape index (κ3) is 42.2. The standard InChI is InChI=1S/C67H100O6/c1-4-7-10-13-16-19-22-25-28-31-33-36-38-41-44-47-50-53-56-59-62(68)65(71)67(73,64(70)61-58-55-52-49-46-43-40-35-30-27-24-21-18-15-12-9-6-3)66(72)63(69)60-57-54-51-48-45-42-39-37-34-32-29-26-23-20-17-14-11-8-5-2/h7-8,10-11,16-21,25-27,30-34,36-37,40,43,50-51,53-54,65-66,71-73H,4-6,9,12-15,22-24,35,38-39,41-42,44-49,52,55-61H2,1-3H3/b10-7+,11-8+,19-16+,20-17+,21-18+,30-27+,36-33+,37-34+,43-40+,53-50+,54-51+. The Balaban J connectivity index is 5.10. The van der Waals surface area contributed by atoms with E-state index in [9.17, 15) is 29.7 Å². The molecule has 0 amide bonds. The molecule has 0 aliphatic carbocycles. The quantitative estimate of drug-likeness (QED) is 0.0242. The van der Waals surface area contributed by atoms with E-state index in [0.717, 1.165) is 128 Å². The fourth-order valence-electron chi connectivity index (χ4n) is 7.50. The molecule has 0 aromatic heterocycles. The Hall–Kier alpha value is -4.93. The Morgan fingerprint density at radius 1 is 0.384 bits per heavy atom. The highest BCUT2D eigenvalue weighted by molar-refractivity contribution is 6.01. The molecule has 0 spiro atoms. The van der Waals surface area contributed by atoms with Crippen LogP contribution in [-0.4, -0.2) is 50.5 Å². The third-order valence-electron chi connectivity index (χ3n) is 11.9. The minimum absolute atomic E-state index is 0.135. The van der Waals surface area contributed by atoms with E-state index in [1.165, 1.54) is 19.3 Å². The van der Waals surface area contributed by atoms with Gasteiger partial charge in [-0.1, -0.05) is 180 Å². The largest absolute Gasteiger partial charge is 0.382 e. The Kier molecular flexibility index (Phi) is 49.8. The molecule has 0 aliphatic rings. The molecule has 0 aromatic rings. The SMILES string of the molecule is CC/C=C/C/C=C/CC=C=C/C=C/CCCC/C=C/CCC(=O)C(O)C(O)(C(=O)CCCCCC/C=C/C/C=C/C/C=C/CCCCC)C(O)C(=O)CC/C=C/CCCC/C=C/C=C=CC/C=C/C/C=C/CC. The van der Waals surface area contributed by atoms with Crippen molar-refractivity contribution in [3.63, 3.8) is 0 Å². The fraction of sp³-hybridized carbons (Fsp3) is 0.537. The molecule has 0 heterocycles. The predicted molar refractivity (Wildman–Crippen MR) is 313 cm³/mol. The van der Waals surface area contributed by atoms with Gasteiger partial charge in [0, 0.05) is 19.3 Å². The fourth-order valence-corrected chi connectivity index (χ4v) is 7.50. The van der Waals surface area contributed by atoms with Gasteiger partial charge >= 0.3 is 0 Å². The van der Waals surface area contributed by atoms with E-state index in [0.29, 0.717) is 25.7 Å². The molecular formula is C67H100O6. The Labute approximate surface area is 445 Å². The van der Waals surface area contributed by atoms with Gasteiger partial charge in [-0.3, -0.25) is 14.4 Å². The van der Waals surface area contributed by atoms with Crippen molar-refractivity contribution in [2.24, 2.45) is 0 Å². The minimum Gasteiger partial charge on any atom is -0.382 e. The average molecular weight is 1000 g/mol. The summed E-state index contributed by atoms with van der Waals surface area (Å²) < 4.78 is 0. The van der Waals surface area contributed by atoms with Gasteiger partial charge in [-0.05, 0) is 172 Å². The minimum atomic E-state index is -2.91. The zero-order chi connectivity index (χ0) is 53.4. The molecule has 0 bridgehead atoms. The van der Waals surface area contributed by atoms with Gasteiger partial charge in [-0.15, -0.1) is 11.5 Å². The Morgan fingerprint density at radius 3 is 1.14 bits per heavy atom. The molecule has 2 unspecified atom stereocenters. The molecule has 0 saturated heterocycles. The van der Waals surface area contributed by atoms with E-state index in [4.69, 9.17) is 0 Å². The van der Waals surface area contributed by atoms with Gasteiger partial charge in [0.25, 0.3) is 0 Å². The van der Waals surface area contributed by atoms with Gasteiger partial charge in [0.2, 0.25) is 0 Å². The summed E-state index contributed by atoms with van der Waals surface area (Å²) in [6.07, 6.45) is 74.0. The Bertz CT molecular complexity index is 1760. The van der Waals surface area contributed by atoms with Crippen LogP contribution in [0.5, 0.6) is 0 Å². The zero-order valence-corrected chi connectivity index (χ0v) is 45.9. The van der Waals surface area contributed by atoms with Crippen molar-refractivity contribution < 1.29 is 29.7 Å². The van der Waals surface area contributed by atoms with Crippen LogP contribution in [-0.2, 0) is 14.4 Å². The first-order valence-electron chi connectivity index (χ1n) is 28.4. The molecule has 0 rings (SSSR count). The summed E-state index contributed by atoms with van der Waals surface area (Å²) in [5.74, 6) is -2.43. The number of hydrogen-bond donors (Lipinski definition) is 3. The molecule has 0 aromatic carbocycles. The van der Waals surface area contributed by atoms with Crippen LogP contribution in [0.15, 0.2) is 169 Å². The lowest BCUT2D eigenvalue weighted by molar-refractivity contribution is -0.181. The van der Waals surface area contributed by atoms with E-state index in [1.807, 2.05) is 60.8 Å². The van der Waals surface area contributed by atoms with Crippen molar-refractivity contribution in [1.82, 2.24) is 0 Å². The first-order valence-corrected chi connectivity index (χ1v) is 28.4. The number of ketones is 3. The average Bonchev–Trinajstić information content (AvgIpc) is 3.39. The highest BCUT2D eigenvalue weighted by Gasteiger charge is 2.53. The van der Waals surface area contributed by atoms with E-state index >= 15 is 0 Å². The monoisotopic (exact) mass is 1000 g/mol.